The van der Waals surface area contributed by atoms with Crippen LogP contribution < -0.4 is 5.32 Å². The lowest BCUT2D eigenvalue weighted by molar-refractivity contribution is 0.0941. The van der Waals surface area contributed by atoms with Gasteiger partial charge in [0.1, 0.15) is 5.82 Å². The van der Waals surface area contributed by atoms with E-state index in [9.17, 15) is 9.18 Å². The first-order valence-electron chi connectivity index (χ1n) is 10.9. The molecule has 1 aromatic heterocycles. The lowest BCUT2D eigenvalue weighted by atomic mass is 9.92. The van der Waals surface area contributed by atoms with Crippen LogP contribution in [0.2, 0.25) is 0 Å². The predicted molar refractivity (Wildman–Crippen MR) is 112 cm³/mol. The summed E-state index contributed by atoms with van der Waals surface area (Å²) in [6.07, 6.45) is 5.07. The minimum atomic E-state index is -0.270. The largest absolute Gasteiger partial charge is 0.351 e. The summed E-state index contributed by atoms with van der Waals surface area (Å²) in [5, 5.41) is 7.66. The average molecular weight is 399 g/mol. The van der Waals surface area contributed by atoms with Crippen molar-refractivity contribution in [3.8, 4) is 5.69 Å². The smallest absolute Gasteiger partial charge is 0.272 e. The van der Waals surface area contributed by atoms with E-state index in [1.54, 1.807) is 12.1 Å². The van der Waals surface area contributed by atoms with E-state index in [-0.39, 0.29) is 11.7 Å². The minimum absolute atomic E-state index is 0.0932. The summed E-state index contributed by atoms with van der Waals surface area (Å²) in [5.74, 6) is 1.15. The third-order valence-corrected chi connectivity index (χ3v) is 6.10. The van der Waals surface area contributed by atoms with Gasteiger partial charge in [-0.3, -0.25) is 4.79 Å². The van der Waals surface area contributed by atoms with Crippen molar-refractivity contribution in [1.82, 2.24) is 20.0 Å². The second-order valence-electron chi connectivity index (χ2n) is 8.83. The second kappa shape index (κ2) is 8.66. The van der Waals surface area contributed by atoms with E-state index in [0.717, 1.165) is 74.1 Å². The van der Waals surface area contributed by atoms with E-state index >= 15 is 0 Å². The van der Waals surface area contributed by atoms with Crippen LogP contribution in [-0.4, -0.2) is 46.8 Å². The first-order chi connectivity index (χ1) is 14.0. The van der Waals surface area contributed by atoms with Crippen LogP contribution in [0.3, 0.4) is 0 Å². The Labute approximate surface area is 172 Å². The summed E-state index contributed by atoms with van der Waals surface area (Å²) in [6.45, 7) is 8.65. The van der Waals surface area contributed by atoms with Crippen molar-refractivity contribution in [3.63, 3.8) is 0 Å². The van der Waals surface area contributed by atoms with E-state index in [1.807, 2.05) is 4.68 Å². The Morgan fingerprint density at radius 2 is 1.90 bits per heavy atom. The molecule has 156 valence electrons. The number of nitrogens with one attached hydrogen (secondary N) is 1. The first kappa shape index (κ1) is 20.1. The topological polar surface area (TPSA) is 50.2 Å². The number of benzene rings is 1. The number of hydrogen-bond acceptors (Lipinski definition) is 3. The zero-order valence-corrected chi connectivity index (χ0v) is 17.5. The van der Waals surface area contributed by atoms with Gasteiger partial charge in [0.05, 0.1) is 5.69 Å². The molecule has 0 bridgehead atoms. The molecule has 1 fully saturated rings. The molecule has 1 N–H and O–H groups in total. The Kier molecular flexibility index (Phi) is 5.99. The molecular formula is C23H31FN4O. The highest BCUT2D eigenvalue weighted by Gasteiger charge is 2.27. The molecule has 0 saturated carbocycles. The van der Waals surface area contributed by atoms with Crippen LogP contribution in [0.1, 0.15) is 54.9 Å². The van der Waals surface area contributed by atoms with Gasteiger partial charge >= 0.3 is 0 Å². The Bertz CT molecular complexity index is 851. The molecule has 1 amide bonds. The molecule has 1 aliphatic heterocycles. The number of carbonyl (C=O) groups is 1. The van der Waals surface area contributed by atoms with Gasteiger partial charge in [-0.1, -0.05) is 13.8 Å². The summed E-state index contributed by atoms with van der Waals surface area (Å²) in [4.78, 5) is 15.3. The molecule has 6 heteroatoms. The van der Waals surface area contributed by atoms with Crippen LogP contribution in [0, 0.1) is 17.7 Å². The van der Waals surface area contributed by atoms with Crippen LogP contribution in [-0.2, 0) is 12.8 Å². The predicted octanol–water partition coefficient (Wildman–Crippen LogP) is 3.60. The Morgan fingerprint density at radius 1 is 1.17 bits per heavy atom. The standard InChI is InChI=1S/C23H31FN4O/c1-16-13-17(2)15-27(14-16)12-4-11-25-23(29)22-20-5-3-6-21(20)28(26-22)19-9-7-18(24)8-10-19/h7-10,16-17H,3-6,11-15H2,1-2H3,(H,25,29). The summed E-state index contributed by atoms with van der Waals surface area (Å²) in [5.41, 5.74) is 3.46. The van der Waals surface area contributed by atoms with Crippen LogP contribution in [0.25, 0.3) is 5.69 Å². The maximum absolute atomic E-state index is 13.3. The van der Waals surface area contributed by atoms with E-state index in [1.165, 1.54) is 18.6 Å². The van der Waals surface area contributed by atoms with E-state index in [4.69, 9.17) is 0 Å². The number of amides is 1. The molecule has 0 radical (unpaired) electrons. The fourth-order valence-electron chi connectivity index (χ4n) is 4.98. The Hall–Kier alpha value is -2.21. The van der Waals surface area contributed by atoms with Crippen molar-refractivity contribution in [2.45, 2.75) is 46.0 Å². The molecule has 4 rings (SSSR count). The fraction of sp³-hybridized carbons (Fsp3) is 0.565. The molecular weight excluding hydrogens is 367 g/mol. The fourth-order valence-corrected chi connectivity index (χ4v) is 4.98. The van der Waals surface area contributed by atoms with Crippen LogP contribution in [0.15, 0.2) is 24.3 Å². The maximum Gasteiger partial charge on any atom is 0.272 e. The quantitative estimate of drug-likeness (QED) is 0.757. The van der Waals surface area contributed by atoms with E-state index < -0.39 is 0 Å². The molecule has 2 aliphatic rings. The van der Waals surface area contributed by atoms with Gasteiger partial charge in [-0.2, -0.15) is 5.10 Å². The molecule has 5 nitrogen and oxygen atoms in total. The second-order valence-corrected chi connectivity index (χ2v) is 8.83. The molecule has 1 aliphatic carbocycles. The van der Waals surface area contributed by atoms with Crippen molar-refractivity contribution in [3.05, 3.63) is 47.0 Å². The normalized spacial score (nSPS) is 21.9. The number of halogens is 1. The third kappa shape index (κ3) is 4.53. The maximum atomic E-state index is 13.3. The van der Waals surface area contributed by atoms with Gasteiger partial charge < -0.3 is 10.2 Å². The lowest BCUT2D eigenvalue weighted by Crippen LogP contribution is -2.40. The molecule has 2 aromatic rings. The van der Waals surface area contributed by atoms with Crippen LogP contribution >= 0.6 is 0 Å². The van der Waals surface area contributed by atoms with Crippen molar-refractivity contribution in [2.75, 3.05) is 26.2 Å². The highest BCUT2D eigenvalue weighted by molar-refractivity contribution is 5.94. The van der Waals surface area contributed by atoms with Crippen molar-refractivity contribution in [1.29, 1.82) is 0 Å². The zero-order valence-electron chi connectivity index (χ0n) is 17.5. The first-order valence-corrected chi connectivity index (χ1v) is 10.9. The van der Waals surface area contributed by atoms with Gasteiger partial charge in [-0.15, -0.1) is 0 Å². The van der Waals surface area contributed by atoms with Crippen molar-refractivity contribution < 1.29 is 9.18 Å². The number of rotatable bonds is 6. The number of carbonyl (C=O) groups excluding carboxylic acids is 1. The highest BCUT2D eigenvalue weighted by Crippen LogP contribution is 2.28. The molecule has 29 heavy (non-hydrogen) atoms. The van der Waals surface area contributed by atoms with Crippen LogP contribution in [0.4, 0.5) is 4.39 Å². The molecule has 2 unspecified atom stereocenters. The van der Waals surface area contributed by atoms with Gasteiger partial charge in [0.15, 0.2) is 5.69 Å². The lowest BCUT2D eigenvalue weighted by Gasteiger charge is -2.34. The van der Waals surface area contributed by atoms with Gasteiger partial charge in [0, 0.05) is 30.9 Å². The number of fused-ring (bicyclic) bond motifs is 1. The van der Waals surface area contributed by atoms with Gasteiger partial charge in [0.2, 0.25) is 0 Å². The molecule has 1 saturated heterocycles. The summed E-state index contributed by atoms with van der Waals surface area (Å²) >= 11 is 0. The molecule has 2 atom stereocenters. The van der Waals surface area contributed by atoms with Crippen LogP contribution in [0.5, 0.6) is 0 Å². The Morgan fingerprint density at radius 3 is 2.62 bits per heavy atom. The molecule has 2 heterocycles. The number of aromatic nitrogens is 2. The van der Waals surface area contributed by atoms with E-state index in [0.29, 0.717) is 12.2 Å². The van der Waals surface area contributed by atoms with Gasteiger partial charge in [-0.25, -0.2) is 9.07 Å². The highest BCUT2D eigenvalue weighted by atomic mass is 19.1. The average Bonchev–Trinajstić information content (AvgIpc) is 3.28. The molecule has 0 spiro atoms. The van der Waals surface area contributed by atoms with Crippen molar-refractivity contribution >= 4 is 5.91 Å². The van der Waals surface area contributed by atoms with Crippen molar-refractivity contribution in [2.24, 2.45) is 11.8 Å². The van der Waals surface area contributed by atoms with Gasteiger partial charge in [0.25, 0.3) is 5.91 Å². The summed E-state index contributed by atoms with van der Waals surface area (Å²) in [6, 6.07) is 6.28. The summed E-state index contributed by atoms with van der Waals surface area (Å²) in [7, 11) is 0. The Balaban J connectivity index is 1.37. The van der Waals surface area contributed by atoms with Gasteiger partial charge in [-0.05, 0) is 74.8 Å². The third-order valence-electron chi connectivity index (χ3n) is 6.10. The molecule has 1 aromatic carbocycles. The monoisotopic (exact) mass is 398 g/mol. The number of hydrogen-bond donors (Lipinski definition) is 1. The SMILES string of the molecule is CC1CC(C)CN(CCCNC(=O)c2nn(-c3ccc(F)cc3)c3c2CCC3)C1. The minimum Gasteiger partial charge on any atom is -0.351 e. The zero-order chi connectivity index (χ0) is 20.4. The number of nitrogens with zero attached hydrogens (tertiary/aromatic N) is 3. The van der Waals surface area contributed by atoms with E-state index in [2.05, 4.69) is 29.2 Å². The number of piperidine rings is 1. The number of likely N-dealkylation sites (tertiary alicyclic amines) is 1. The summed E-state index contributed by atoms with van der Waals surface area (Å²) < 4.78 is 15.1.